The lowest BCUT2D eigenvalue weighted by molar-refractivity contribution is -0.137. The molecule has 0 aliphatic rings. The fourth-order valence-corrected chi connectivity index (χ4v) is 2.64. The Bertz CT molecular complexity index is 950. The number of nitrogens with zero attached hydrogens (tertiary/aromatic N) is 3. The fourth-order valence-electron chi connectivity index (χ4n) is 2.64. The predicted octanol–water partition coefficient (Wildman–Crippen LogP) is 4.08. The topological polar surface area (TPSA) is 56.5 Å². The maximum absolute atomic E-state index is 12.9. The molecule has 0 spiro atoms. The number of rotatable bonds is 4. The first-order chi connectivity index (χ1) is 12.3. The summed E-state index contributed by atoms with van der Waals surface area (Å²) < 4.78 is 45.1. The Kier molecular flexibility index (Phi) is 4.67. The number of carbonyl (C=O) groups is 1. The summed E-state index contributed by atoms with van der Waals surface area (Å²) in [5, 5.41) is 4.09. The van der Waals surface area contributed by atoms with Gasteiger partial charge in [0.25, 0.3) is 0 Å². The molecule has 0 fully saturated rings. The molecule has 8 heteroatoms. The minimum atomic E-state index is -4.39. The Balaban J connectivity index is 1.95. The number of benzene rings is 1. The van der Waals surface area contributed by atoms with E-state index in [0.717, 1.165) is 12.1 Å². The molecule has 0 saturated heterocycles. The summed E-state index contributed by atoms with van der Waals surface area (Å²) in [6.45, 7) is 3.72. The van der Waals surface area contributed by atoms with Crippen LogP contribution in [0.1, 0.15) is 46.8 Å². The molecular weight excluding hydrogens is 347 g/mol. The molecule has 26 heavy (non-hydrogen) atoms. The summed E-state index contributed by atoms with van der Waals surface area (Å²) in [5.74, 6) is -0.849. The average Bonchev–Trinajstić information content (AvgIpc) is 3.04. The molecule has 0 bridgehead atoms. The largest absolute Gasteiger partial charge is 0.462 e. The second-order valence-electron chi connectivity index (χ2n) is 5.78. The zero-order valence-electron chi connectivity index (χ0n) is 14.1. The Labute approximate surface area is 147 Å². The molecule has 0 aliphatic heterocycles. The summed E-state index contributed by atoms with van der Waals surface area (Å²) in [6.07, 6.45) is 0.147. The molecule has 1 unspecified atom stereocenters. The normalized spacial score (nSPS) is 13.0. The third kappa shape index (κ3) is 3.40. The van der Waals surface area contributed by atoms with Crippen molar-refractivity contribution in [3.63, 3.8) is 0 Å². The van der Waals surface area contributed by atoms with Crippen molar-refractivity contribution in [1.82, 2.24) is 14.6 Å². The second-order valence-corrected chi connectivity index (χ2v) is 5.78. The number of carbonyl (C=O) groups excluding carboxylic acids is 1. The zero-order chi connectivity index (χ0) is 18.9. The summed E-state index contributed by atoms with van der Waals surface area (Å²) in [6, 6.07) is 5.18. The van der Waals surface area contributed by atoms with Gasteiger partial charge in [-0.1, -0.05) is 25.1 Å². The minimum absolute atomic E-state index is 0.237. The molecule has 0 radical (unpaired) electrons. The Hall–Kier alpha value is -2.90. The van der Waals surface area contributed by atoms with Crippen molar-refractivity contribution >= 4 is 11.6 Å². The molecule has 3 aromatic rings. The van der Waals surface area contributed by atoms with Gasteiger partial charge in [0.1, 0.15) is 5.56 Å². The van der Waals surface area contributed by atoms with Crippen LogP contribution in [0.4, 0.5) is 13.2 Å². The standard InChI is InChI=1S/C18H16F3N3O2/c1-3-26-17(25)15-9-23-24-10-13(8-22-16(15)24)11(2)12-5-4-6-14(7-12)18(19,20)21/h4-11H,3H2,1-2H3. The van der Waals surface area contributed by atoms with Crippen LogP contribution < -0.4 is 0 Å². The Morgan fingerprint density at radius 1 is 1.27 bits per heavy atom. The Morgan fingerprint density at radius 2 is 2.04 bits per heavy atom. The van der Waals surface area contributed by atoms with Gasteiger partial charge in [-0.05, 0) is 24.1 Å². The first kappa shape index (κ1) is 17.9. The SMILES string of the molecule is CCOC(=O)c1cnn2cc(C(C)c3cccc(C(F)(F)F)c3)cnc12. The maximum Gasteiger partial charge on any atom is 0.416 e. The number of esters is 1. The third-order valence-electron chi connectivity index (χ3n) is 4.09. The summed E-state index contributed by atoms with van der Waals surface area (Å²) in [4.78, 5) is 16.1. The van der Waals surface area contributed by atoms with Crippen LogP contribution in [0, 0.1) is 0 Å². The zero-order valence-corrected chi connectivity index (χ0v) is 14.1. The van der Waals surface area contributed by atoms with Gasteiger partial charge in [-0.3, -0.25) is 0 Å². The van der Waals surface area contributed by atoms with E-state index in [1.165, 1.54) is 23.0 Å². The van der Waals surface area contributed by atoms with E-state index < -0.39 is 17.7 Å². The average molecular weight is 363 g/mol. The smallest absolute Gasteiger partial charge is 0.416 e. The van der Waals surface area contributed by atoms with Crippen molar-refractivity contribution in [2.45, 2.75) is 25.9 Å². The highest BCUT2D eigenvalue weighted by Gasteiger charge is 2.30. The van der Waals surface area contributed by atoms with E-state index in [1.807, 2.05) is 0 Å². The van der Waals surface area contributed by atoms with Gasteiger partial charge in [0.05, 0.1) is 18.4 Å². The van der Waals surface area contributed by atoms with Crippen LogP contribution in [-0.2, 0) is 10.9 Å². The molecule has 5 nitrogen and oxygen atoms in total. The first-order valence-electron chi connectivity index (χ1n) is 7.98. The molecule has 2 aromatic heterocycles. The number of hydrogen-bond acceptors (Lipinski definition) is 4. The van der Waals surface area contributed by atoms with Crippen LogP contribution in [0.5, 0.6) is 0 Å². The molecule has 3 rings (SSSR count). The van der Waals surface area contributed by atoms with Crippen molar-refractivity contribution in [3.8, 4) is 0 Å². The molecule has 1 aromatic carbocycles. The van der Waals surface area contributed by atoms with Crippen LogP contribution >= 0.6 is 0 Å². The van der Waals surface area contributed by atoms with E-state index in [1.54, 1.807) is 26.1 Å². The number of ether oxygens (including phenoxy) is 1. The quantitative estimate of drug-likeness (QED) is 0.656. The van der Waals surface area contributed by atoms with Crippen LogP contribution in [0.15, 0.2) is 42.9 Å². The van der Waals surface area contributed by atoms with Gasteiger partial charge in [-0.2, -0.15) is 18.3 Å². The second kappa shape index (κ2) is 6.78. The van der Waals surface area contributed by atoms with E-state index >= 15 is 0 Å². The third-order valence-corrected chi connectivity index (χ3v) is 4.09. The van der Waals surface area contributed by atoms with Gasteiger partial charge >= 0.3 is 12.1 Å². The minimum Gasteiger partial charge on any atom is -0.462 e. The lowest BCUT2D eigenvalue weighted by Gasteiger charge is -2.15. The number of hydrogen-bond donors (Lipinski definition) is 0. The molecule has 0 saturated carbocycles. The van der Waals surface area contributed by atoms with Gasteiger partial charge in [0, 0.05) is 18.3 Å². The van der Waals surface area contributed by atoms with Crippen LogP contribution in [0.25, 0.3) is 5.65 Å². The molecule has 0 amide bonds. The lowest BCUT2D eigenvalue weighted by Crippen LogP contribution is -2.08. The number of aromatic nitrogens is 3. The highest BCUT2D eigenvalue weighted by molar-refractivity contribution is 5.95. The van der Waals surface area contributed by atoms with Crippen LogP contribution in [-0.4, -0.2) is 27.2 Å². The summed E-state index contributed by atoms with van der Waals surface area (Å²) in [7, 11) is 0. The molecule has 136 valence electrons. The van der Waals surface area contributed by atoms with E-state index in [9.17, 15) is 18.0 Å². The van der Waals surface area contributed by atoms with Crippen molar-refractivity contribution in [2.75, 3.05) is 6.61 Å². The van der Waals surface area contributed by atoms with E-state index in [-0.39, 0.29) is 18.1 Å². The van der Waals surface area contributed by atoms with Crippen molar-refractivity contribution in [2.24, 2.45) is 0 Å². The maximum atomic E-state index is 12.9. The molecule has 0 aliphatic carbocycles. The van der Waals surface area contributed by atoms with Gasteiger partial charge in [-0.15, -0.1) is 0 Å². The Morgan fingerprint density at radius 3 is 2.73 bits per heavy atom. The van der Waals surface area contributed by atoms with Gasteiger partial charge in [0.15, 0.2) is 5.65 Å². The number of alkyl halides is 3. The van der Waals surface area contributed by atoms with Gasteiger partial charge in [-0.25, -0.2) is 14.3 Å². The first-order valence-corrected chi connectivity index (χ1v) is 7.98. The monoisotopic (exact) mass is 363 g/mol. The van der Waals surface area contributed by atoms with E-state index in [4.69, 9.17) is 4.74 Å². The molecule has 0 N–H and O–H groups in total. The predicted molar refractivity (Wildman–Crippen MR) is 87.9 cm³/mol. The van der Waals surface area contributed by atoms with Gasteiger partial charge < -0.3 is 4.74 Å². The van der Waals surface area contributed by atoms with E-state index in [0.29, 0.717) is 16.8 Å². The fraction of sp³-hybridized carbons (Fsp3) is 0.278. The van der Waals surface area contributed by atoms with Crippen LogP contribution in [0.3, 0.4) is 0 Å². The van der Waals surface area contributed by atoms with Crippen LogP contribution in [0.2, 0.25) is 0 Å². The number of fused-ring (bicyclic) bond motifs is 1. The van der Waals surface area contributed by atoms with E-state index in [2.05, 4.69) is 10.1 Å². The number of halogens is 3. The highest BCUT2D eigenvalue weighted by atomic mass is 19.4. The van der Waals surface area contributed by atoms with Crippen molar-refractivity contribution in [1.29, 1.82) is 0 Å². The van der Waals surface area contributed by atoms with Gasteiger partial charge in [0.2, 0.25) is 0 Å². The highest BCUT2D eigenvalue weighted by Crippen LogP contribution is 2.32. The molecule has 2 heterocycles. The molecule has 1 atom stereocenters. The molecular formula is C18H16F3N3O2. The summed E-state index contributed by atoms with van der Waals surface area (Å²) >= 11 is 0. The van der Waals surface area contributed by atoms with Crippen molar-refractivity contribution in [3.05, 3.63) is 65.1 Å². The summed E-state index contributed by atoms with van der Waals surface area (Å²) in [5.41, 5.74) is 1.07. The van der Waals surface area contributed by atoms with Crippen molar-refractivity contribution < 1.29 is 22.7 Å². The lowest BCUT2D eigenvalue weighted by atomic mass is 9.94.